The summed E-state index contributed by atoms with van der Waals surface area (Å²) in [4.78, 5) is 2.38. The molecule has 1 heterocycles. The summed E-state index contributed by atoms with van der Waals surface area (Å²) >= 11 is 0. The number of nitrogens with one attached hydrogen (secondary N) is 1. The van der Waals surface area contributed by atoms with Gasteiger partial charge in [0.1, 0.15) is 6.07 Å². The molecule has 1 atom stereocenters. The minimum Gasteiger partial charge on any atom is -0.370 e. The van der Waals surface area contributed by atoms with Gasteiger partial charge in [0, 0.05) is 25.7 Å². The van der Waals surface area contributed by atoms with Crippen molar-refractivity contribution in [2.45, 2.75) is 45.2 Å². The van der Waals surface area contributed by atoms with Gasteiger partial charge in [-0.15, -0.1) is 0 Å². The third-order valence-electron chi connectivity index (χ3n) is 4.35. The quantitative estimate of drug-likeness (QED) is 0.913. The first-order valence-electron chi connectivity index (χ1n) is 7.77. The molecule has 0 aromatic heterocycles. The van der Waals surface area contributed by atoms with Crippen LogP contribution in [0.4, 0.5) is 5.69 Å². The highest BCUT2D eigenvalue weighted by Crippen LogP contribution is 2.27. The van der Waals surface area contributed by atoms with Crippen LogP contribution < -0.4 is 10.2 Å². The van der Waals surface area contributed by atoms with Crippen LogP contribution in [0.3, 0.4) is 0 Å². The third kappa shape index (κ3) is 3.13. The zero-order valence-electron chi connectivity index (χ0n) is 12.2. The van der Waals surface area contributed by atoms with Gasteiger partial charge in [-0.05, 0) is 49.3 Å². The first-order chi connectivity index (χ1) is 9.76. The zero-order valence-corrected chi connectivity index (χ0v) is 12.2. The molecule has 1 aliphatic carbocycles. The molecular weight excluding hydrogens is 246 g/mol. The van der Waals surface area contributed by atoms with Crippen molar-refractivity contribution in [3.63, 3.8) is 0 Å². The van der Waals surface area contributed by atoms with E-state index in [1.165, 1.54) is 31.2 Å². The molecule has 3 nitrogen and oxygen atoms in total. The van der Waals surface area contributed by atoms with Gasteiger partial charge in [0.05, 0.1) is 11.3 Å². The molecule has 1 saturated heterocycles. The lowest BCUT2D eigenvalue weighted by molar-refractivity contribution is 0.446. The van der Waals surface area contributed by atoms with E-state index in [9.17, 15) is 5.26 Å². The molecule has 20 heavy (non-hydrogen) atoms. The van der Waals surface area contributed by atoms with E-state index in [0.717, 1.165) is 36.8 Å². The Morgan fingerprint density at radius 2 is 2.20 bits per heavy atom. The third-order valence-corrected chi connectivity index (χ3v) is 4.35. The fourth-order valence-corrected chi connectivity index (χ4v) is 3.02. The predicted octanol–water partition coefficient (Wildman–Crippen LogP) is 3.05. The van der Waals surface area contributed by atoms with Crippen LogP contribution in [0.1, 0.15) is 43.7 Å². The van der Waals surface area contributed by atoms with Gasteiger partial charge in [-0.25, -0.2) is 0 Å². The average molecular weight is 269 g/mol. The number of nitriles is 1. The van der Waals surface area contributed by atoms with Crippen molar-refractivity contribution in [1.82, 2.24) is 5.32 Å². The van der Waals surface area contributed by atoms with Crippen LogP contribution >= 0.6 is 0 Å². The van der Waals surface area contributed by atoms with Crippen LogP contribution in [0.2, 0.25) is 0 Å². The second-order valence-corrected chi connectivity index (χ2v) is 6.31. The van der Waals surface area contributed by atoms with Gasteiger partial charge in [-0.2, -0.15) is 5.26 Å². The molecule has 3 rings (SSSR count). The van der Waals surface area contributed by atoms with Gasteiger partial charge < -0.3 is 10.2 Å². The summed E-state index contributed by atoms with van der Waals surface area (Å²) in [6.07, 6.45) is 5.14. The molecule has 2 fully saturated rings. The second-order valence-electron chi connectivity index (χ2n) is 6.31. The summed E-state index contributed by atoms with van der Waals surface area (Å²) < 4.78 is 0. The Kier molecular flexibility index (Phi) is 3.93. The minimum absolute atomic E-state index is 0.711. The molecular formula is C17H23N3. The molecule has 0 radical (unpaired) electrons. The van der Waals surface area contributed by atoms with E-state index < -0.39 is 0 Å². The monoisotopic (exact) mass is 269 g/mol. The maximum Gasteiger partial charge on any atom is 0.101 e. The van der Waals surface area contributed by atoms with Gasteiger partial charge in [0.15, 0.2) is 0 Å². The van der Waals surface area contributed by atoms with E-state index in [4.69, 9.17) is 0 Å². The first-order valence-corrected chi connectivity index (χ1v) is 7.77. The molecule has 1 N–H and O–H groups in total. The van der Waals surface area contributed by atoms with Gasteiger partial charge >= 0.3 is 0 Å². The Hall–Kier alpha value is -1.53. The molecule has 1 aromatic carbocycles. The molecule has 3 heteroatoms. The number of rotatable bonds is 4. The highest BCUT2D eigenvalue weighted by atomic mass is 15.1. The molecule has 0 amide bonds. The minimum atomic E-state index is 0.711. The van der Waals surface area contributed by atoms with Gasteiger partial charge in [-0.1, -0.05) is 13.0 Å². The number of hydrogen-bond donors (Lipinski definition) is 1. The Bertz CT molecular complexity index is 513. The van der Waals surface area contributed by atoms with Crippen LogP contribution in [0, 0.1) is 17.2 Å². The SMILES string of the molecule is CC1CCCN(c2ccc(CNC3CC3)cc2C#N)C1. The van der Waals surface area contributed by atoms with Crippen LogP contribution in [-0.2, 0) is 6.54 Å². The molecule has 1 aliphatic heterocycles. The van der Waals surface area contributed by atoms with Crippen LogP contribution in [-0.4, -0.2) is 19.1 Å². The first kappa shape index (κ1) is 13.5. The van der Waals surface area contributed by atoms with Gasteiger partial charge in [-0.3, -0.25) is 0 Å². The lowest BCUT2D eigenvalue weighted by Gasteiger charge is -2.33. The second kappa shape index (κ2) is 5.85. The number of piperidine rings is 1. The smallest absolute Gasteiger partial charge is 0.101 e. The fraction of sp³-hybridized carbons (Fsp3) is 0.588. The predicted molar refractivity (Wildman–Crippen MR) is 81.6 cm³/mol. The normalized spacial score (nSPS) is 22.6. The molecule has 1 aromatic rings. The van der Waals surface area contributed by atoms with Crippen molar-refractivity contribution in [3.05, 3.63) is 29.3 Å². The highest BCUT2D eigenvalue weighted by molar-refractivity contribution is 5.60. The Morgan fingerprint density at radius 3 is 2.90 bits per heavy atom. The van der Waals surface area contributed by atoms with Crippen molar-refractivity contribution < 1.29 is 0 Å². The lowest BCUT2D eigenvalue weighted by Crippen LogP contribution is -2.34. The molecule has 0 bridgehead atoms. The number of hydrogen-bond acceptors (Lipinski definition) is 3. The van der Waals surface area contributed by atoms with E-state index in [1.807, 2.05) is 0 Å². The van der Waals surface area contributed by atoms with Crippen molar-refractivity contribution in [3.8, 4) is 6.07 Å². The van der Waals surface area contributed by atoms with E-state index in [2.05, 4.69) is 41.4 Å². The summed E-state index contributed by atoms with van der Waals surface area (Å²) in [6.45, 7) is 5.34. The summed E-state index contributed by atoms with van der Waals surface area (Å²) in [6, 6.07) is 9.46. The van der Waals surface area contributed by atoms with Crippen LogP contribution in [0.25, 0.3) is 0 Å². The van der Waals surface area contributed by atoms with E-state index >= 15 is 0 Å². The number of benzene rings is 1. The van der Waals surface area contributed by atoms with Gasteiger partial charge in [0.25, 0.3) is 0 Å². The fourth-order valence-electron chi connectivity index (χ4n) is 3.02. The average Bonchev–Trinajstić information content (AvgIpc) is 3.29. The molecule has 1 unspecified atom stereocenters. The maximum absolute atomic E-state index is 9.43. The molecule has 2 aliphatic rings. The standard InChI is InChI=1S/C17H23N3/c1-13-3-2-8-20(12-13)17-7-4-14(9-15(17)10-18)11-19-16-5-6-16/h4,7,9,13,16,19H,2-3,5-6,8,11-12H2,1H3. The Morgan fingerprint density at radius 1 is 1.35 bits per heavy atom. The van der Waals surface area contributed by atoms with Crippen molar-refractivity contribution in [2.24, 2.45) is 5.92 Å². The number of nitrogens with zero attached hydrogens (tertiary/aromatic N) is 2. The van der Waals surface area contributed by atoms with Gasteiger partial charge in [0.2, 0.25) is 0 Å². The van der Waals surface area contributed by atoms with E-state index in [-0.39, 0.29) is 0 Å². The van der Waals surface area contributed by atoms with Crippen LogP contribution in [0.5, 0.6) is 0 Å². The highest BCUT2D eigenvalue weighted by Gasteiger charge is 2.21. The zero-order chi connectivity index (χ0) is 13.9. The van der Waals surface area contributed by atoms with Crippen molar-refractivity contribution in [1.29, 1.82) is 5.26 Å². The maximum atomic E-state index is 9.43. The summed E-state index contributed by atoms with van der Waals surface area (Å²) in [5, 5.41) is 12.9. The van der Waals surface area contributed by atoms with E-state index in [0.29, 0.717) is 6.04 Å². The summed E-state index contributed by atoms with van der Waals surface area (Å²) in [7, 11) is 0. The number of anilines is 1. The molecule has 106 valence electrons. The Balaban J connectivity index is 1.74. The summed E-state index contributed by atoms with van der Waals surface area (Å²) in [5.74, 6) is 0.728. The molecule has 1 saturated carbocycles. The van der Waals surface area contributed by atoms with Crippen molar-refractivity contribution >= 4 is 5.69 Å². The molecule has 0 spiro atoms. The topological polar surface area (TPSA) is 39.1 Å². The largest absolute Gasteiger partial charge is 0.370 e. The van der Waals surface area contributed by atoms with Crippen molar-refractivity contribution in [2.75, 3.05) is 18.0 Å². The Labute approximate surface area is 121 Å². The lowest BCUT2D eigenvalue weighted by atomic mass is 9.98. The van der Waals surface area contributed by atoms with E-state index in [1.54, 1.807) is 0 Å². The van der Waals surface area contributed by atoms with Crippen LogP contribution in [0.15, 0.2) is 18.2 Å². The summed E-state index contributed by atoms with van der Waals surface area (Å²) in [5.41, 5.74) is 3.17.